The van der Waals surface area contributed by atoms with Crippen molar-refractivity contribution in [2.24, 2.45) is 5.41 Å². The Morgan fingerprint density at radius 2 is 1.82 bits per heavy atom. The first kappa shape index (κ1) is 34.2. The predicted molar refractivity (Wildman–Crippen MR) is 183 cm³/mol. The average molecular weight is 702 g/mol. The number of carbonyl (C=O) groups excluding carboxylic acids is 2. The Morgan fingerprint density at radius 1 is 1.08 bits per heavy atom. The van der Waals surface area contributed by atoms with Gasteiger partial charge in [-0.3, -0.25) is 25.5 Å². The normalized spacial score (nSPS) is 16.8. The molecule has 0 radical (unpaired) electrons. The molecule has 1 aliphatic rings. The standard InChI is InChI=1S/C35H34ClF2N9O3/c1-34(2,3)19-35(24-12-9-21(10-13-24)23-16-42-46(17-23)31(37)38)30(48)47(32(39)44-35)28(18-50-33(49)43-25-7-5-4-6-8-25)22-11-14-27(36)26(15-22)29-40-20-41-45-29/h4-17,20,28,31H,18-19H2,1-3H3,(H2,39,44)(H,43,49)(H,40,41,45)/t28-,35-/m1/s1. The zero-order valence-electron chi connectivity index (χ0n) is 27.3. The van der Waals surface area contributed by atoms with Gasteiger partial charge in [0, 0.05) is 23.0 Å². The number of nitrogens with zero attached hydrogens (tertiary/aromatic N) is 5. The number of halogens is 3. The van der Waals surface area contributed by atoms with Crippen molar-refractivity contribution in [3.63, 3.8) is 0 Å². The Kier molecular flexibility index (Phi) is 9.39. The average Bonchev–Trinajstić information content (AvgIpc) is 3.84. The lowest BCUT2D eigenvalue weighted by atomic mass is 9.75. The molecule has 0 bridgehead atoms. The number of aromatic amines is 1. The number of para-hydroxylation sites is 1. The van der Waals surface area contributed by atoms with E-state index in [0.717, 1.165) is 0 Å². The third-order valence-electron chi connectivity index (χ3n) is 8.21. The number of hydrogen-bond acceptors (Lipinski definition) is 7. The van der Waals surface area contributed by atoms with Crippen molar-refractivity contribution in [1.29, 1.82) is 5.41 Å². The number of aromatic nitrogens is 5. The molecule has 4 N–H and O–H groups in total. The summed E-state index contributed by atoms with van der Waals surface area (Å²) in [6.07, 6.45) is 3.47. The maximum atomic E-state index is 14.9. The topological polar surface area (TPSA) is 154 Å². The maximum Gasteiger partial charge on any atom is 0.411 e. The van der Waals surface area contributed by atoms with E-state index in [1.165, 1.54) is 23.6 Å². The molecule has 2 amide bonds. The van der Waals surface area contributed by atoms with E-state index in [9.17, 15) is 18.4 Å². The number of hydrogen-bond donors (Lipinski definition) is 4. The summed E-state index contributed by atoms with van der Waals surface area (Å²) < 4.78 is 32.6. The second kappa shape index (κ2) is 13.7. The van der Waals surface area contributed by atoms with Gasteiger partial charge in [-0.1, -0.05) is 80.9 Å². The molecule has 50 heavy (non-hydrogen) atoms. The van der Waals surface area contributed by atoms with Gasteiger partial charge >= 0.3 is 12.6 Å². The number of amides is 2. The van der Waals surface area contributed by atoms with Crippen molar-refractivity contribution in [2.45, 2.75) is 45.3 Å². The zero-order valence-corrected chi connectivity index (χ0v) is 28.1. The highest BCUT2D eigenvalue weighted by molar-refractivity contribution is 6.33. The number of anilines is 1. The summed E-state index contributed by atoms with van der Waals surface area (Å²) in [5.74, 6) is -0.251. The highest BCUT2D eigenvalue weighted by atomic mass is 35.5. The van der Waals surface area contributed by atoms with Gasteiger partial charge in [0.2, 0.25) is 0 Å². The predicted octanol–water partition coefficient (Wildman–Crippen LogP) is 7.37. The maximum absolute atomic E-state index is 14.9. The van der Waals surface area contributed by atoms with Crippen molar-refractivity contribution in [2.75, 3.05) is 11.9 Å². The van der Waals surface area contributed by atoms with Gasteiger partial charge in [0.25, 0.3) is 5.91 Å². The molecule has 12 nitrogen and oxygen atoms in total. The molecule has 1 aliphatic heterocycles. The molecule has 2 atom stereocenters. The van der Waals surface area contributed by atoms with Crippen LogP contribution in [0.4, 0.5) is 19.3 Å². The van der Waals surface area contributed by atoms with Crippen molar-refractivity contribution in [1.82, 2.24) is 35.2 Å². The van der Waals surface area contributed by atoms with Gasteiger partial charge in [-0.15, -0.1) is 0 Å². The molecule has 1 fully saturated rings. The molecule has 1 saturated heterocycles. The Labute approximate surface area is 291 Å². The van der Waals surface area contributed by atoms with E-state index in [1.54, 1.807) is 66.7 Å². The molecule has 0 aliphatic carbocycles. The molecular formula is C35H34ClF2N9O3. The van der Waals surface area contributed by atoms with Gasteiger partial charge < -0.3 is 10.1 Å². The van der Waals surface area contributed by atoms with Gasteiger partial charge in [0.1, 0.15) is 18.5 Å². The summed E-state index contributed by atoms with van der Waals surface area (Å²) in [4.78, 5) is 33.4. The van der Waals surface area contributed by atoms with E-state index in [4.69, 9.17) is 21.7 Å². The zero-order chi connectivity index (χ0) is 35.6. The Hall–Kier alpha value is -5.63. The minimum Gasteiger partial charge on any atom is -0.447 e. The van der Waals surface area contributed by atoms with Gasteiger partial charge in [0.05, 0.1) is 17.3 Å². The lowest BCUT2D eigenvalue weighted by Gasteiger charge is -2.35. The van der Waals surface area contributed by atoms with Gasteiger partial charge in [-0.05, 0) is 52.8 Å². The van der Waals surface area contributed by atoms with Crippen LogP contribution in [-0.2, 0) is 15.1 Å². The Morgan fingerprint density at radius 3 is 2.46 bits per heavy atom. The largest absolute Gasteiger partial charge is 0.447 e. The van der Waals surface area contributed by atoms with E-state index in [0.29, 0.717) is 49.0 Å². The van der Waals surface area contributed by atoms with Crippen molar-refractivity contribution < 1.29 is 23.1 Å². The minimum atomic E-state index is -2.77. The number of nitrogens with one attached hydrogen (secondary N) is 4. The van der Waals surface area contributed by atoms with E-state index in [2.05, 4.69) is 30.9 Å². The number of carbonyl (C=O) groups is 2. The molecule has 6 rings (SSSR count). The third-order valence-corrected chi connectivity index (χ3v) is 8.54. The number of guanidine groups is 1. The highest BCUT2D eigenvalue weighted by Crippen LogP contribution is 2.43. The fourth-order valence-corrected chi connectivity index (χ4v) is 6.30. The highest BCUT2D eigenvalue weighted by Gasteiger charge is 2.54. The Balaban J connectivity index is 1.38. The molecule has 3 aromatic carbocycles. The minimum absolute atomic E-state index is 0.199. The first-order chi connectivity index (χ1) is 23.8. The Bertz CT molecular complexity index is 2000. The summed E-state index contributed by atoms with van der Waals surface area (Å²) in [7, 11) is 0. The summed E-state index contributed by atoms with van der Waals surface area (Å²) in [5, 5.41) is 25.8. The van der Waals surface area contributed by atoms with E-state index >= 15 is 0 Å². The number of benzene rings is 3. The summed E-state index contributed by atoms with van der Waals surface area (Å²) >= 11 is 6.54. The molecule has 3 heterocycles. The van der Waals surface area contributed by atoms with E-state index in [-0.39, 0.29) is 19.0 Å². The van der Waals surface area contributed by atoms with Crippen LogP contribution in [0.25, 0.3) is 22.5 Å². The lowest BCUT2D eigenvalue weighted by molar-refractivity contribution is -0.134. The van der Waals surface area contributed by atoms with Crippen LogP contribution < -0.4 is 10.6 Å². The van der Waals surface area contributed by atoms with Crippen molar-refractivity contribution in [3.8, 4) is 22.5 Å². The lowest BCUT2D eigenvalue weighted by Crippen LogP contribution is -2.47. The molecule has 0 saturated carbocycles. The molecular weight excluding hydrogens is 668 g/mol. The SMILES string of the molecule is CC(C)(C)C[C@]1(c2ccc(-c3cnn(C(F)F)c3)cc2)NC(=N)N([C@H](COC(=O)Nc2ccccc2)c2ccc(Cl)c(-c3ncn[nH]3)c2)C1=O. The fourth-order valence-electron chi connectivity index (χ4n) is 6.09. The van der Waals surface area contributed by atoms with Gasteiger partial charge in [-0.2, -0.15) is 19.0 Å². The number of alkyl halides is 2. The summed E-state index contributed by atoms with van der Waals surface area (Å²) in [6.45, 7) is 2.87. The van der Waals surface area contributed by atoms with Crippen LogP contribution >= 0.6 is 11.6 Å². The number of ether oxygens (including phenoxy) is 1. The van der Waals surface area contributed by atoms with Gasteiger partial charge in [-0.25, -0.2) is 14.5 Å². The first-order valence-electron chi connectivity index (χ1n) is 15.6. The van der Waals surface area contributed by atoms with Crippen molar-refractivity contribution in [3.05, 3.63) is 108 Å². The fraction of sp³-hybridized carbons (Fsp3) is 0.257. The second-order valence-electron chi connectivity index (χ2n) is 13.0. The van der Waals surface area contributed by atoms with Crippen LogP contribution in [0.1, 0.15) is 50.9 Å². The van der Waals surface area contributed by atoms with Crippen LogP contribution in [0.2, 0.25) is 5.02 Å². The number of H-pyrrole nitrogens is 1. The van der Waals surface area contributed by atoms with Crippen LogP contribution in [0.15, 0.2) is 91.5 Å². The molecule has 0 spiro atoms. The quantitative estimate of drug-likeness (QED) is 0.119. The first-order valence-corrected chi connectivity index (χ1v) is 16.0. The number of rotatable bonds is 10. The smallest absolute Gasteiger partial charge is 0.411 e. The third kappa shape index (κ3) is 7.06. The molecule has 0 unspecified atom stereocenters. The van der Waals surface area contributed by atoms with E-state index < -0.39 is 35.5 Å². The summed E-state index contributed by atoms with van der Waals surface area (Å²) in [6, 6.07) is 19.8. The van der Waals surface area contributed by atoms with Crippen LogP contribution in [0.3, 0.4) is 0 Å². The monoisotopic (exact) mass is 701 g/mol. The van der Waals surface area contributed by atoms with Gasteiger partial charge in [0.15, 0.2) is 11.8 Å². The van der Waals surface area contributed by atoms with E-state index in [1.807, 2.05) is 26.8 Å². The van der Waals surface area contributed by atoms with Crippen LogP contribution in [0, 0.1) is 10.8 Å². The van der Waals surface area contributed by atoms with Crippen LogP contribution in [-0.4, -0.2) is 54.4 Å². The second-order valence-corrected chi connectivity index (χ2v) is 13.4. The van der Waals surface area contributed by atoms with Crippen molar-refractivity contribution >= 4 is 35.2 Å². The molecule has 2 aromatic heterocycles. The molecule has 15 heteroatoms. The molecule has 258 valence electrons. The van der Waals surface area contributed by atoms with Crippen LogP contribution in [0.5, 0.6) is 0 Å². The summed E-state index contributed by atoms with van der Waals surface area (Å²) in [5.41, 5.74) is 1.41. The molecule has 5 aromatic rings.